The summed E-state index contributed by atoms with van der Waals surface area (Å²) in [5.41, 5.74) is 0.998. The average Bonchev–Trinajstić information content (AvgIpc) is 3.30. The predicted octanol–water partition coefficient (Wildman–Crippen LogP) is 2.87. The van der Waals surface area contributed by atoms with Gasteiger partial charge >= 0.3 is 0 Å². The van der Waals surface area contributed by atoms with Crippen molar-refractivity contribution in [3.63, 3.8) is 0 Å². The van der Waals surface area contributed by atoms with Crippen molar-refractivity contribution in [3.8, 4) is 11.4 Å². The Bertz CT molecular complexity index is 687. The lowest BCUT2D eigenvalue weighted by atomic mass is 9.95. The van der Waals surface area contributed by atoms with E-state index in [1.165, 1.54) is 37.4 Å². The van der Waals surface area contributed by atoms with Crippen molar-refractivity contribution < 1.29 is 4.79 Å². The highest BCUT2D eigenvalue weighted by Crippen LogP contribution is 2.44. The molecule has 2 N–H and O–H groups in total. The number of H-pyrrole nitrogens is 1. The number of nitrogens with zero attached hydrogens (tertiary/aromatic N) is 2. The fourth-order valence-corrected chi connectivity index (χ4v) is 4.45. The Balaban J connectivity index is 1.29. The van der Waals surface area contributed by atoms with Crippen molar-refractivity contribution in [2.24, 2.45) is 11.8 Å². The summed E-state index contributed by atoms with van der Waals surface area (Å²) in [5.74, 6) is 2.77. The Morgan fingerprint density at radius 1 is 1.26 bits per heavy atom. The first-order chi connectivity index (χ1) is 11.3. The molecule has 2 bridgehead atoms. The zero-order chi connectivity index (χ0) is 15.6. The molecule has 1 amide bonds. The van der Waals surface area contributed by atoms with Crippen LogP contribution in [-0.2, 0) is 4.79 Å². The Hall–Kier alpha value is -1.82. The van der Waals surface area contributed by atoms with Gasteiger partial charge in [0.25, 0.3) is 0 Å². The zero-order valence-electron chi connectivity index (χ0n) is 12.9. The SMILES string of the molecule is O=C(CSc1n[nH]c(-c2ccccc2)n1)N[C@H]1C[C@H]2CC[C@@H]1C2. The molecule has 0 aliphatic heterocycles. The number of rotatable bonds is 5. The smallest absolute Gasteiger partial charge is 0.230 e. The zero-order valence-corrected chi connectivity index (χ0v) is 13.7. The summed E-state index contributed by atoms with van der Waals surface area (Å²) in [6.45, 7) is 0. The molecular weight excluding hydrogens is 308 g/mol. The number of nitrogens with one attached hydrogen (secondary N) is 2. The molecule has 1 aromatic heterocycles. The molecule has 4 rings (SSSR count). The van der Waals surface area contributed by atoms with Gasteiger partial charge in [0.2, 0.25) is 11.1 Å². The van der Waals surface area contributed by atoms with E-state index in [0.717, 1.165) is 17.3 Å². The van der Waals surface area contributed by atoms with E-state index in [9.17, 15) is 4.79 Å². The number of amides is 1. The highest BCUT2D eigenvalue weighted by molar-refractivity contribution is 7.99. The minimum atomic E-state index is 0.0959. The highest BCUT2D eigenvalue weighted by atomic mass is 32.2. The molecule has 1 aromatic carbocycles. The number of hydrogen-bond acceptors (Lipinski definition) is 4. The van der Waals surface area contributed by atoms with Gasteiger partial charge in [0.15, 0.2) is 5.82 Å². The average molecular weight is 328 g/mol. The molecule has 2 fully saturated rings. The van der Waals surface area contributed by atoms with Crippen LogP contribution in [0.1, 0.15) is 25.7 Å². The van der Waals surface area contributed by atoms with Gasteiger partial charge in [0, 0.05) is 11.6 Å². The second-order valence-corrected chi connectivity index (χ2v) is 7.41. The highest BCUT2D eigenvalue weighted by Gasteiger charge is 2.39. The third-order valence-corrected chi connectivity index (χ3v) is 5.78. The minimum absolute atomic E-state index is 0.0959. The van der Waals surface area contributed by atoms with Crippen LogP contribution in [0.4, 0.5) is 0 Å². The van der Waals surface area contributed by atoms with Crippen LogP contribution in [0.25, 0.3) is 11.4 Å². The number of thioether (sulfide) groups is 1. The molecular formula is C17H20N4OS. The topological polar surface area (TPSA) is 70.7 Å². The number of aromatic amines is 1. The van der Waals surface area contributed by atoms with E-state index in [1.54, 1.807) is 0 Å². The molecule has 0 spiro atoms. The van der Waals surface area contributed by atoms with Gasteiger partial charge in [-0.15, -0.1) is 5.10 Å². The Morgan fingerprint density at radius 3 is 2.87 bits per heavy atom. The fourth-order valence-electron chi connectivity index (χ4n) is 3.84. The number of fused-ring (bicyclic) bond motifs is 2. The van der Waals surface area contributed by atoms with Crippen molar-refractivity contribution in [2.45, 2.75) is 36.9 Å². The summed E-state index contributed by atoms with van der Waals surface area (Å²) < 4.78 is 0. The van der Waals surface area contributed by atoms with Gasteiger partial charge in [-0.2, -0.15) is 0 Å². The first-order valence-electron chi connectivity index (χ1n) is 8.18. The molecule has 120 valence electrons. The Labute approximate surface area is 139 Å². The molecule has 2 aromatic rings. The summed E-state index contributed by atoms with van der Waals surface area (Å²) >= 11 is 1.38. The van der Waals surface area contributed by atoms with Gasteiger partial charge in [0.1, 0.15) is 0 Å². The summed E-state index contributed by atoms with van der Waals surface area (Å²) in [4.78, 5) is 16.6. The van der Waals surface area contributed by atoms with Gasteiger partial charge in [0.05, 0.1) is 5.75 Å². The van der Waals surface area contributed by atoms with E-state index < -0.39 is 0 Å². The van der Waals surface area contributed by atoms with Crippen molar-refractivity contribution in [1.29, 1.82) is 0 Å². The van der Waals surface area contributed by atoms with E-state index in [4.69, 9.17) is 0 Å². The normalized spacial score (nSPS) is 25.7. The lowest BCUT2D eigenvalue weighted by Crippen LogP contribution is -2.39. The molecule has 0 saturated heterocycles. The first kappa shape index (κ1) is 14.8. The molecule has 0 unspecified atom stereocenters. The van der Waals surface area contributed by atoms with Gasteiger partial charge in [-0.1, -0.05) is 48.5 Å². The Morgan fingerprint density at radius 2 is 2.13 bits per heavy atom. The van der Waals surface area contributed by atoms with Gasteiger partial charge in [-0.3, -0.25) is 9.89 Å². The number of carbonyl (C=O) groups is 1. The second-order valence-electron chi connectivity index (χ2n) is 6.47. The second kappa shape index (κ2) is 6.35. The minimum Gasteiger partial charge on any atom is -0.352 e. The molecule has 0 radical (unpaired) electrons. The summed E-state index contributed by atoms with van der Waals surface area (Å²) in [6.07, 6.45) is 5.11. The number of carbonyl (C=O) groups excluding carboxylic acids is 1. The van der Waals surface area contributed by atoms with Gasteiger partial charge in [-0.25, -0.2) is 4.98 Å². The van der Waals surface area contributed by atoms with Crippen molar-refractivity contribution in [3.05, 3.63) is 30.3 Å². The van der Waals surface area contributed by atoms with Gasteiger partial charge in [-0.05, 0) is 31.1 Å². The summed E-state index contributed by atoms with van der Waals surface area (Å²) in [5, 5.41) is 10.9. The van der Waals surface area contributed by atoms with Crippen LogP contribution in [-0.4, -0.2) is 32.9 Å². The maximum absolute atomic E-state index is 12.1. The fraction of sp³-hybridized carbons (Fsp3) is 0.471. The van der Waals surface area contributed by atoms with E-state index in [0.29, 0.717) is 22.9 Å². The predicted molar refractivity (Wildman–Crippen MR) is 89.9 cm³/mol. The van der Waals surface area contributed by atoms with Crippen LogP contribution in [0.5, 0.6) is 0 Å². The number of benzene rings is 1. The van der Waals surface area contributed by atoms with Crippen molar-refractivity contribution >= 4 is 17.7 Å². The summed E-state index contributed by atoms with van der Waals surface area (Å²) in [6, 6.07) is 10.3. The van der Waals surface area contributed by atoms with Crippen molar-refractivity contribution in [1.82, 2.24) is 20.5 Å². The van der Waals surface area contributed by atoms with E-state index in [1.807, 2.05) is 30.3 Å². The molecule has 6 heteroatoms. The lowest BCUT2D eigenvalue weighted by molar-refractivity contribution is -0.119. The van der Waals surface area contributed by atoms with Gasteiger partial charge < -0.3 is 5.32 Å². The largest absolute Gasteiger partial charge is 0.352 e. The number of aromatic nitrogens is 3. The molecule has 2 aliphatic carbocycles. The molecule has 2 aliphatic rings. The van der Waals surface area contributed by atoms with E-state index >= 15 is 0 Å². The third kappa shape index (κ3) is 3.27. The standard InChI is InChI=1S/C17H20N4OS/c22-15(18-14-9-11-6-7-13(14)8-11)10-23-17-19-16(20-21-17)12-4-2-1-3-5-12/h1-5,11,13-14H,6-10H2,(H,18,22)(H,19,20,21)/t11-,13+,14-/m0/s1. The quantitative estimate of drug-likeness (QED) is 0.828. The van der Waals surface area contributed by atoms with Crippen LogP contribution in [0, 0.1) is 11.8 Å². The van der Waals surface area contributed by atoms with Crippen molar-refractivity contribution in [2.75, 3.05) is 5.75 Å². The molecule has 23 heavy (non-hydrogen) atoms. The van der Waals surface area contributed by atoms with Crippen LogP contribution < -0.4 is 5.32 Å². The molecule has 5 nitrogen and oxygen atoms in total. The van der Waals surface area contributed by atoms with Crippen LogP contribution >= 0.6 is 11.8 Å². The van der Waals surface area contributed by atoms with Crippen LogP contribution in [0.15, 0.2) is 35.5 Å². The van der Waals surface area contributed by atoms with E-state index in [2.05, 4.69) is 20.5 Å². The summed E-state index contributed by atoms with van der Waals surface area (Å²) in [7, 11) is 0. The maximum Gasteiger partial charge on any atom is 0.230 e. The first-order valence-corrected chi connectivity index (χ1v) is 9.16. The Kier molecular flexibility index (Phi) is 4.08. The molecule has 2 saturated carbocycles. The molecule has 1 heterocycles. The van der Waals surface area contributed by atoms with Crippen LogP contribution in [0.3, 0.4) is 0 Å². The third-order valence-electron chi connectivity index (χ3n) is 4.93. The van der Waals surface area contributed by atoms with Crippen LogP contribution in [0.2, 0.25) is 0 Å². The lowest BCUT2D eigenvalue weighted by Gasteiger charge is -2.22. The monoisotopic (exact) mass is 328 g/mol. The van der Waals surface area contributed by atoms with E-state index in [-0.39, 0.29) is 5.91 Å². The maximum atomic E-state index is 12.1. The number of hydrogen-bond donors (Lipinski definition) is 2. The molecule has 3 atom stereocenters.